The first-order valence-corrected chi connectivity index (χ1v) is 7.10. The van der Waals surface area contributed by atoms with Gasteiger partial charge in [-0.15, -0.1) is 0 Å². The fourth-order valence-electron chi connectivity index (χ4n) is 1.69. The van der Waals surface area contributed by atoms with Gasteiger partial charge in [-0.3, -0.25) is 0 Å². The van der Waals surface area contributed by atoms with Crippen LogP contribution in [0.3, 0.4) is 0 Å². The number of benzene rings is 1. The first kappa shape index (κ1) is 11.8. The fourth-order valence-corrected chi connectivity index (χ4v) is 2.34. The normalized spacial score (nSPS) is 11.9. The summed E-state index contributed by atoms with van der Waals surface area (Å²) in [6, 6.07) is 7.16. The smallest absolute Gasteiger partial charge is 0.317 e. The highest BCUT2D eigenvalue weighted by atomic mass is 32.2. The monoisotopic (exact) mass is 252 g/mol. The molecular formula is C11H12N2O3S. The molecule has 90 valence electrons. The third-order valence-electron chi connectivity index (χ3n) is 2.47. The van der Waals surface area contributed by atoms with E-state index < -0.39 is 9.84 Å². The van der Waals surface area contributed by atoms with Gasteiger partial charge in [-0.2, -0.15) is 0 Å². The molecule has 0 amide bonds. The summed E-state index contributed by atoms with van der Waals surface area (Å²) in [5, 5.41) is 12.6. The van der Waals surface area contributed by atoms with E-state index in [4.69, 9.17) is 0 Å². The number of fused-ring (bicyclic) bond motifs is 1. The highest BCUT2D eigenvalue weighted by molar-refractivity contribution is 7.89. The maximum Gasteiger partial charge on any atom is 0.317 e. The van der Waals surface area contributed by atoms with Crippen molar-refractivity contribution in [2.75, 3.05) is 6.26 Å². The van der Waals surface area contributed by atoms with Crippen molar-refractivity contribution in [3.63, 3.8) is 0 Å². The Morgan fingerprint density at radius 3 is 2.65 bits per heavy atom. The van der Waals surface area contributed by atoms with Crippen molar-refractivity contribution < 1.29 is 13.1 Å². The predicted molar refractivity (Wildman–Crippen MR) is 64.0 cm³/mol. The van der Waals surface area contributed by atoms with E-state index >= 15 is 0 Å². The van der Waals surface area contributed by atoms with Crippen LogP contribution in [0.25, 0.3) is 10.9 Å². The van der Waals surface area contributed by atoms with Crippen molar-refractivity contribution in [1.82, 2.24) is 4.98 Å². The Bertz CT molecular complexity index is 680. The Labute approximate surface area is 99.2 Å². The van der Waals surface area contributed by atoms with Gasteiger partial charge in [-0.25, -0.2) is 13.1 Å². The molecular weight excluding hydrogens is 240 g/mol. The standard InChI is InChI=1S/C11H12N2O3S/c1-8-9-5-3-4-6-10(9)12-11(13(8)14)7-17(2,15)16/h3-6H,7H2,1-2H3. The lowest BCUT2D eigenvalue weighted by atomic mass is 10.2. The number of aryl methyl sites for hydroxylation is 1. The van der Waals surface area contributed by atoms with Gasteiger partial charge in [0, 0.05) is 6.26 Å². The SMILES string of the molecule is Cc1c2ccccc2nc(CS(C)(=O)=O)[n+]1[O-]. The van der Waals surface area contributed by atoms with Crippen LogP contribution < -0.4 is 4.73 Å². The number of nitrogens with zero attached hydrogens (tertiary/aromatic N) is 2. The average Bonchev–Trinajstić information content (AvgIpc) is 2.24. The quantitative estimate of drug-likeness (QED) is 0.583. The Balaban J connectivity index is 2.70. The minimum atomic E-state index is -3.27. The third kappa shape index (κ3) is 2.36. The zero-order valence-electron chi connectivity index (χ0n) is 9.54. The second-order valence-electron chi connectivity index (χ2n) is 4.00. The Hall–Kier alpha value is -1.69. The fraction of sp³-hybridized carbons (Fsp3) is 0.273. The number of hydrogen-bond donors (Lipinski definition) is 0. The summed E-state index contributed by atoms with van der Waals surface area (Å²) in [5.41, 5.74) is 1.10. The molecule has 2 aromatic rings. The zero-order chi connectivity index (χ0) is 12.6. The molecule has 0 unspecified atom stereocenters. The van der Waals surface area contributed by atoms with E-state index in [-0.39, 0.29) is 11.6 Å². The number of para-hydroxylation sites is 1. The predicted octanol–water partition coefficient (Wildman–Crippen LogP) is 0.721. The minimum absolute atomic E-state index is 0.0173. The lowest BCUT2D eigenvalue weighted by Crippen LogP contribution is -2.38. The maximum atomic E-state index is 11.9. The summed E-state index contributed by atoms with van der Waals surface area (Å²) in [6.45, 7) is 1.66. The van der Waals surface area contributed by atoms with Gasteiger partial charge < -0.3 is 5.21 Å². The summed E-state index contributed by atoms with van der Waals surface area (Å²) in [7, 11) is -3.27. The average molecular weight is 252 g/mol. The van der Waals surface area contributed by atoms with Gasteiger partial charge in [-0.05, 0) is 24.0 Å². The topological polar surface area (TPSA) is 74.0 Å². The molecule has 1 aromatic carbocycles. The molecule has 0 saturated carbocycles. The van der Waals surface area contributed by atoms with Crippen LogP contribution >= 0.6 is 0 Å². The number of hydrogen-bond acceptors (Lipinski definition) is 4. The Morgan fingerprint density at radius 2 is 2.00 bits per heavy atom. The number of rotatable bonds is 2. The lowest BCUT2D eigenvalue weighted by Gasteiger charge is -2.10. The van der Waals surface area contributed by atoms with Crippen LogP contribution in [0.4, 0.5) is 0 Å². The largest absolute Gasteiger partial charge is 0.711 e. The van der Waals surface area contributed by atoms with Gasteiger partial charge in [0.1, 0.15) is 5.69 Å². The molecule has 1 heterocycles. The zero-order valence-corrected chi connectivity index (χ0v) is 10.4. The van der Waals surface area contributed by atoms with Gasteiger partial charge >= 0.3 is 5.82 Å². The molecule has 0 aliphatic rings. The van der Waals surface area contributed by atoms with Gasteiger partial charge in [0.25, 0.3) is 0 Å². The van der Waals surface area contributed by atoms with Crippen molar-refractivity contribution in [1.29, 1.82) is 0 Å². The molecule has 6 heteroatoms. The van der Waals surface area contributed by atoms with Crippen LogP contribution in [0.15, 0.2) is 24.3 Å². The van der Waals surface area contributed by atoms with Crippen LogP contribution in [-0.2, 0) is 15.6 Å². The van der Waals surface area contributed by atoms with E-state index in [0.29, 0.717) is 15.9 Å². The third-order valence-corrected chi connectivity index (χ3v) is 3.26. The molecule has 2 rings (SSSR count). The molecule has 0 aliphatic carbocycles. The number of sulfone groups is 1. The van der Waals surface area contributed by atoms with E-state index in [1.165, 1.54) is 0 Å². The molecule has 0 bridgehead atoms. The first-order chi connectivity index (χ1) is 7.88. The molecule has 17 heavy (non-hydrogen) atoms. The highest BCUT2D eigenvalue weighted by Gasteiger charge is 2.19. The molecule has 0 N–H and O–H groups in total. The van der Waals surface area contributed by atoms with Crippen LogP contribution in [0.2, 0.25) is 0 Å². The van der Waals surface area contributed by atoms with Crippen LogP contribution in [0.5, 0.6) is 0 Å². The lowest BCUT2D eigenvalue weighted by molar-refractivity contribution is -0.621. The van der Waals surface area contributed by atoms with Gasteiger partial charge in [0.15, 0.2) is 21.1 Å². The second kappa shape index (κ2) is 3.96. The van der Waals surface area contributed by atoms with E-state index in [2.05, 4.69) is 4.98 Å². The Morgan fingerprint density at radius 1 is 1.35 bits per heavy atom. The summed E-state index contributed by atoms with van der Waals surface area (Å²) in [4.78, 5) is 4.09. The van der Waals surface area contributed by atoms with Crippen molar-refractivity contribution in [3.8, 4) is 0 Å². The molecule has 1 aromatic heterocycles. The summed E-state index contributed by atoms with van der Waals surface area (Å²) in [5.74, 6) is -0.328. The van der Waals surface area contributed by atoms with Crippen LogP contribution in [0, 0.1) is 12.1 Å². The summed E-state index contributed by atoms with van der Waals surface area (Å²) in [6.07, 6.45) is 1.08. The van der Waals surface area contributed by atoms with E-state index in [1.54, 1.807) is 25.1 Å². The molecule has 0 saturated heterocycles. The van der Waals surface area contributed by atoms with Crippen molar-refractivity contribution in [2.24, 2.45) is 0 Å². The molecule has 5 nitrogen and oxygen atoms in total. The van der Waals surface area contributed by atoms with Gasteiger partial charge in [-0.1, -0.05) is 12.1 Å². The van der Waals surface area contributed by atoms with Gasteiger partial charge in [0.2, 0.25) is 0 Å². The molecule has 0 radical (unpaired) electrons. The second-order valence-corrected chi connectivity index (χ2v) is 6.14. The van der Waals surface area contributed by atoms with Crippen LogP contribution in [0.1, 0.15) is 11.5 Å². The minimum Gasteiger partial charge on any atom is -0.711 e. The molecule has 0 atom stereocenters. The molecule has 0 aliphatic heterocycles. The summed E-state index contributed by atoms with van der Waals surface area (Å²) >= 11 is 0. The van der Waals surface area contributed by atoms with Crippen molar-refractivity contribution >= 4 is 20.7 Å². The van der Waals surface area contributed by atoms with E-state index in [9.17, 15) is 13.6 Å². The maximum absolute atomic E-state index is 11.9. The van der Waals surface area contributed by atoms with Crippen LogP contribution in [-0.4, -0.2) is 19.7 Å². The molecule has 0 fully saturated rings. The first-order valence-electron chi connectivity index (χ1n) is 5.04. The van der Waals surface area contributed by atoms with Crippen molar-refractivity contribution in [3.05, 3.63) is 41.0 Å². The van der Waals surface area contributed by atoms with Crippen molar-refractivity contribution in [2.45, 2.75) is 12.7 Å². The van der Waals surface area contributed by atoms with Gasteiger partial charge in [0.05, 0.1) is 5.39 Å². The molecule has 0 spiro atoms. The summed E-state index contributed by atoms with van der Waals surface area (Å²) < 4.78 is 23.0. The highest BCUT2D eigenvalue weighted by Crippen LogP contribution is 2.14. The number of aromatic nitrogens is 2. The van der Waals surface area contributed by atoms with E-state index in [1.807, 2.05) is 6.07 Å². The Kier molecular flexibility index (Phi) is 2.74. The van der Waals surface area contributed by atoms with E-state index in [0.717, 1.165) is 11.6 Å².